The van der Waals surface area contributed by atoms with Crippen molar-refractivity contribution in [3.05, 3.63) is 53.6 Å². The number of ether oxygens (including phenoxy) is 1. The molecule has 0 radical (unpaired) electrons. The first kappa shape index (κ1) is 12.7. The molecular formula is C13H11ClN2OS. The van der Waals surface area contributed by atoms with Crippen molar-refractivity contribution in [3.63, 3.8) is 0 Å². The fourth-order valence-electron chi connectivity index (χ4n) is 1.42. The molecule has 2 rings (SSSR count). The van der Waals surface area contributed by atoms with E-state index in [0.717, 1.165) is 5.69 Å². The van der Waals surface area contributed by atoms with E-state index < -0.39 is 0 Å². The Balaban J connectivity index is 2.08. The van der Waals surface area contributed by atoms with Gasteiger partial charge in [0, 0.05) is 10.7 Å². The molecule has 2 aromatic carbocycles. The zero-order valence-electron chi connectivity index (χ0n) is 9.39. The Bertz CT molecular complexity index is 557. The van der Waals surface area contributed by atoms with E-state index in [0.29, 0.717) is 16.5 Å². The molecule has 0 saturated heterocycles. The summed E-state index contributed by atoms with van der Waals surface area (Å²) in [5, 5.41) is 3.71. The monoisotopic (exact) mass is 278 g/mol. The lowest BCUT2D eigenvalue weighted by atomic mass is 10.3. The standard InChI is InChI=1S/C13H11ClN2OS/c14-9-2-1-3-12(8-9)17-11-6-4-10(5-7-11)16-13(15)18/h1-8H,(H3,15,16,18). The van der Waals surface area contributed by atoms with Crippen LogP contribution in [-0.2, 0) is 0 Å². The second-order valence-corrected chi connectivity index (χ2v) is 4.45. The van der Waals surface area contributed by atoms with E-state index in [2.05, 4.69) is 5.32 Å². The van der Waals surface area contributed by atoms with Gasteiger partial charge in [-0.2, -0.15) is 0 Å². The molecule has 0 aromatic heterocycles. The van der Waals surface area contributed by atoms with Crippen LogP contribution in [-0.4, -0.2) is 5.11 Å². The van der Waals surface area contributed by atoms with Gasteiger partial charge in [0.15, 0.2) is 5.11 Å². The highest BCUT2D eigenvalue weighted by Gasteiger charge is 1.99. The molecule has 0 aliphatic carbocycles. The van der Waals surface area contributed by atoms with Crippen molar-refractivity contribution in [1.82, 2.24) is 0 Å². The minimum atomic E-state index is 0.235. The fraction of sp³-hybridized carbons (Fsp3) is 0. The maximum Gasteiger partial charge on any atom is 0.168 e. The predicted molar refractivity (Wildman–Crippen MR) is 78.4 cm³/mol. The van der Waals surface area contributed by atoms with Gasteiger partial charge < -0.3 is 15.8 Å². The van der Waals surface area contributed by atoms with Gasteiger partial charge in [0.05, 0.1) is 0 Å². The Labute approximate surface area is 116 Å². The molecule has 92 valence electrons. The lowest BCUT2D eigenvalue weighted by Gasteiger charge is -2.07. The van der Waals surface area contributed by atoms with Crippen LogP contribution in [0.4, 0.5) is 5.69 Å². The lowest BCUT2D eigenvalue weighted by molar-refractivity contribution is 0.483. The number of nitrogens with two attached hydrogens (primary N) is 1. The van der Waals surface area contributed by atoms with Gasteiger partial charge in [-0.3, -0.25) is 0 Å². The molecule has 0 aliphatic heterocycles. The van der Waals surface area contributed by atoms with E-state index >= 15 is 0 Å². The van der Waals surface area contributed by atoms with Crippen molar-refractivity contribution in [2.45, 2.75) is 0 Å². The van der Waals surface area contributed by atoms with Crippen LogP contribution in [0.2, 0.25) is 5.02 Å². The maximum absolute atomic E-state index is 5.88. The number of halogens is 1. The highest BCUT2D eigenvalue weighted by molar-refractivity contribution is 7.80. The third kappa shape index (κ3) is 3.61. The van der Waals surface area contributed by atoms with Gasteiger partial charge in [-0.15, -0.1) is 0 Å². The Morgan fingerprint density at radius 1 is 1.11 bits per heavy atom. The van der Waals surface area contributed by atoms with Crippen molar-refractivity contribution in [1.29, 1.82) is 0 Å². The normalized spacial score (nSPS) is 9.83. The molecule has 0 spiro atoms. The topological polar surface area (TPSA) is 47.3 Å². The van der Waals surface area contributed by atoms with Crippen LogP contribution < -0.4 is 15.8 Å². The lowest BCUT2D eigenvalue weighted by Crippen LogP contribution is -2.18. The zero-order valence-corrected chi connectivity index (χ0v) is 11.0. The number of anilines is 1. The van der Waals surface area contributed by atoms with Crippen LogP contribution in [0, 0.1) is 0 Å². The fourth-order valence-corrected chi connectivity index (χ4v) is 1.71. The number of benzene rings is 2. The maximum atomic E-state index is 5.88. The minimum absolute atomic E-state index is 0.235. The Morgan fingerprint density at radius 2 is 1.83 bits per heavy atom. The molecular weight excluding hydrogens is 268 g/mol. The van der Waals surface area contributed by atoms with Crippen LogP contribution in [0.5, 0.6) is 11.5 Å². The minimum Gasteiger partial charge on any atom is -0.457 e. The quantitative estimate of drug-likeness (QED) is 0.839. The van der Waals surface area contributed by atoms with Crippen LogP contribution in [0.25, 0.3) is 0 Å². The van der Waals surface area contributed by atoms with Gasteiger partial charge >= 0.3 is 0 Å². The Hall–Kier alpha value is -1.78. The van der Waals surface area contributed by atoms with Crippen molar-refractivity contribution in [2.24, 2.45) is 5.73 Å². The van der Waals surface area contributed by atoms with Crippen molar-refractivity contribution in [2.75, 3.05) is 5.32 Å². The summed E-state index contributed by atoms with van der Waals surface area (Å²) < 4.78 is 5.64. The first-order chi connectivity index (χ1) is 8.63. The summed E-state index contributed by atoms with van der Waals surface area (Å²) in [5.41, 5.74) is 6.20. The molecule has 0 fully saturated rings. The Kier molecular flexibility index (Phi) is 4.02. The van der Waals surface area contributed by atoms with Gasteiger partial charge in [-0.25, -0.2) is 0 Å². The third-order valence-electron chi connectivity index (χ3n) is 2.15. The van der Waals surface area contributed by atoms with Gasteiger partial charge in [0.2, 0.25) is 0 Å². The van der Waals surface area contributed by atoms with Crippen molar-refractivity contribution in [3.8, 4) is 11.5 Å². The van der Waals surface area contributed by atoms with E-state index in [4.69, 9.17) is 34.3 Å². The van der Waals surface area contributed by atoms with Gasteiger partial charge in [0.1, 0.15) is 11.5 Å². The SMILES string of the molecule is NC(=S)Nc1ccc(Oc2cccc(Cl)c2)cc1. The second-order valence-electron chi connectivity index (χ2n) is 3.57. The third-order valence-corrected chi connectivity index (χ3v) is 2.49. The molecule has 2 aromatic rings. The predicted octanol–water partition coefficient (Wildman–Crippen LogP) is 3.79. The number of hydrogen-bond donors (Lipinski definition) is 2. The summed E-state index contributed by atoms with van der Waals surface area (Å²) in [6.07, 6.45) is 0. The number of nitrogens with one attached hydrogen (secondary N) is 1. The molecule has 18 heavy (non-hydrogen) atoms. The second kappa shape index (κ2) is 5.71. The van der Waals surface area contributed by atoms with E-state index in [1.807, 2.05) is 36.4 Å². The molecule has 0 unspecified atom stereocenters. The van der Waals surface area contributed by atoms with Gasteiger partial charge in [-0.05, 0) is 54.7 Å². The highest BCUT2D eigenvalue weighted by atomic mass is 35.5. The van der Waals surface area contributed by atoms with Crippen LogP contribution >= 0.6 is 23.8 Å². The first-order valence-electron chi connectivity index (χ1n) is 5.23. The summed E-state index contributed by atoms with van der Waals surface area (Å²) in [5.74, 6) is 1.41. The molecule has 3 N–H and O–H groups in total. The molecule has 3 nitrogen and oxygen atoms in total. The molecule has 0 saturated carbocycles. The number of thiocarbonyl (C=S) groups is 1. The molecule has 0 atom stereocenters. The summed E-state index contributed by atoms with van der Waals surface area (Å²) in [6.45, 7) is 0. The van der Waals surface area contributed by atoms with Gasteiger partial charge in [0.25, 0.3) is 0 Å². The summed E-state index contributed by atoms with van der Waals surface area (Å²) in [7, 11) is 0. The number of rotatable bonds is 3. The summed E-state index contributed by atoms with van der Waals surface area (Å²) in [6, 6.07) is 14.5. The highest BCUT2D eigenvalue weighted by Crippen LogP contribution is 2.25. The smallest absolute Gasteiger partial charge is 0.168 e. The first-order valence-corrected chi connectivity index (χ1v) is 6.02. The summed E-state index contributed by atoms with van der Waals surface area (Å²) in [4.78, 5) is 0. The van der Waals surface area contributed by atoms with E-state index in [-0.39, 0.29) is 5.11 Å². The summed E-state index contributed by atoms with van der Waals surface area (Å²) >= 11 is 10.6. The molecule has 0 amide bonds. The zero-order chi connectivity index (χ0) is 13.0. The average Bonchev–Trinajstić information content (AvgIpc) is 2.31. The van der Waals surface area contributed by atoms with Crippen LogP contribution in [0.1, 0.15) is 0 Å². The average molecular weight is 279 g/mol. The van der Waals surface area contributed by atoms with Gasteiger partial charge in [-0.1, -0.05) is 17.7 Å². The van der Waals surface area contributed by atoms with E-state index in [1.165, 1.54) is 0 Å². The number of hydrogen-bond acceptors (Lipinski definition) is 2. The Morgan fingerprint density at radius 3 is 2.44 bits per heavy atom. The van der Waals surface area contributed by atoms with Crippen LogP contribution in [0.3, 0.4) is 0 Å². The van der Waals surface area contributed by atoms with Crippen molar-refractivity contribution < 1.29 is 4.74 Å². The van der Waals surface area contributed by atoms with E-state index in [1.54, 1.807) is 12.1 Å². The molecule has 0 aliphatic rings. The largest absolute Gasteiger partial charge is 0.457 e. The molecule has 0 bridgehead atoms. The molecule has 5 heteroatoms. The molecule has 0 heterocycles. The van der Waals surface area contributed by atoms with E-state index in [9.17, 15) is 0 Å². The van der Waals surface area contributed by atoms with Crippen molar-refractivity contribution >= 4 is 34.6 Å². The van der Waals surface area contributed by atoms with Crippen LogP contribution in [0.15, 0.2) is 48.5 Å².